The minimum absolute atomic E-state index is 0.0643. The van der Waals surface area contributed by atoms with Crippen molar-refractivity contribution >= 4 is 35.1 Å². The minimum Gasteiger partial charge on any atom is -0.497 e. The predicted octanol–water partition coefficient (Wildman–Crippen LogP) is 5.06. The largest absolute Gasteiger partial charge is 0.497 e. The number of anilines is 1. The number of nitrogens with zero attached hydrogens (tertiary/aromatic N) is 1. The Morgan fingerprint density at radius 3 is 2.68 bits per heavy atom. The van der Waals surface area contributed by atoms with Gasteiger partial charge in [-0.15, -0.1) is 0 Å². The van der Waals surface area contributed by atoms with E-state index < -0.39 is 0 Å². The molecule has 1 unspecified atom stereocenters. The Bertz CT molecular complexity index is 724. The number of nitrogens with one attached hydrogen (secondary N) is 1. The smallest absolute Gasteiger partial charge is 0.321 e. The first-order chi connectivity index (χ1) is 12.2. The van der Waals surface area contributed by atoms with Crippen LogP contribution in [0.25, 0.3) is 0 Å². The van der Waals surface area contributed by atoms with E-state index in [4.69, 9.17) is 16.3 Å². The van der Waals surface area contributed by atoms with Gasteiger partial charge in [0.25, 0.3) is 0 Å². The van der Waals surface area contributed by atoms with Crippen molar-refractivity contribution in [2.24, 2.45) is 0 Å². The van der Waals surface area contributed by atoms with Crippen LogP contribution in [0.4, 0.5) is 10.5 Å². The van der Waals surface area contributed by atoms with Gasteiger partial charge in [0, 0.05) is 34.8 Å². The molecule has 6 heteroatoms. The molecule has 0 saturated carbocycles. The first-order valence-corrected chi connectivity index (χ1v) is 9.66. The summed E-state index contributed by atoms with van der Waals surface area (Å²) in [5, 5.41) is 4.08. The summed E-state index contributed by atoms with van der Waals surface area (Å²) in [7, 11) is 1.62. The Balaban J connectivity index is 1.60. The summed E-state index contributed by atoms with van der Waals surface area (Å²) in [6.07, 6.45) is 0.893. The number of urea groups is 1. The van der Waals surface area contributed by atoms with Crippen LogP contribution < -0.4 is 10.1 Å². The molecular formula is C19H21ClN2O2S. The van der Waals surface area contributed by atoms with Gasteiger partial charge >= 0.3 is 6.03 Å². The second kappa shape index (κ2) is 8.50. The minimum atomic E-state index is -0.0643. The van der Waals surface area contributed by atoms with Crippen LogP contribution in [0.5, 0.6) is 5.75 Å². The Hall–Kier alpha value is -1.85. The molecule has 2 aromatic rings. The molecule has 1 fully saturated rings. The van der Waals surface area contributed by atoms with Gasteiger partial charge in [0.05, 0.1) is 7.11 Å². The molecule has 1 aliphatic rings. The van der Waals surface area contributed by atoms with Crippen molar-refractivity contribution in [2.75, 3.05) is 31.3 Å². The number of halogens is 1. The standard InChI is InChI=1S/C19H21ClN2O2S/c1-24-15-8-6-14(7-9-15)21-19(23)22-11-10-18(25-13-12-22)16-4-2-3-5-17(16)20/h2-9,18H,10-13H2,1H3,(H,21,23). The van der Waals surface area contributed by atoms with Gasteiger partial charge < -0.3 is 15.0 Å². The summed E-state index contributed by atoms with van der Waals surface area (Å²) in [6, 6.07) is 15.3. The molecule has 2 aromatic carbocycles. The molecule has 0 spiro atoms. The van der Waals surface area contributed by atoms with E-state index in [2.05, 4.69) is 11.4 Å². The van der Waals surface area contributed by atoms with Gasteiger partial charge in [0.1, 0.15) is 5.75 Å². The van der Waals surface area contributed by atoms with E-state index in [9.17, 15) is 4.79 Å². The highest BCUT2D eigenvalue weighted by Crippen LogP contribution is 2.37. The van der Waals surface area contributed by atoms with E-state index in [0.29, 0.717) is 11.8 Å². The number of carbonyl (C=O) groups is 1. The van der Waals surface area contributed by atoms with Crippen LogP contribution >= 0.6 is 23.4 Å². The van der Waals surface area contributed by atoms with Crippen LogP contribution in [0.15, 0.2) is 48.5 Å². The van der Waals surface area contributed by atoms with Crippen LogP contribution in [0.3, 0.4) is 0 Å². The third kappa shape index (κ3) is 4.61. The van der Waals surface area contributed by atoms with E-state index in [-0.39, 0.29) is 6.03 Å². The zero-order valence-electron chi connectivity index (χ0n) is 14.1. The average molecular weight is 377 g/mol. The van der Waals surface area contributed by atoms with Gasteiger partial charge in [-0.1, -0.05) is 29.8 Å². The summed E-state index contributed by atoms with van der Waals surface area (Å²) >= 11 is 8.19. The Kier molecular flexibility index (Phi) is 6.10. The molecule has 3 rings (SSSR count). The average Bonchev–Trinajstić information content (AvgIpc) is 2.89. The molecule has 132 valence electrons. The maximum absolute atomic E-state index is 12.5. The zero-order chi connectivity index (χ0) is 17.6. The molecule has 1 aliphatic heterocycles. The van der Waals surface area contributed by atoms with Crippen LogP contribution in [-0.2, 0) is 0 Å². The van der Waals surface area contributed by atoms with Crippen molar-refractivity contribution in [3.63, 3.8) is 0 Å². The summed E-state index contributed by atoms with van der Waals surface area (Å²) in [5.41, 5.74) is 1.93. The van der Waals surface area contributed by atoms with Crippen LogP contribution in [0.2, 0.25) is 5.02 Å². The van der Waals surface area contributed by atoms with Gasteiger partial charge in [-0.25, -0.2) is 4.79 Å². The topological polar surface area (TPSA) is 41.6 Å². The zero-order valence-corrected chi connectivity index (χ0v) is 15.6. The number of methoxy groups -OCH3 is 1. The lowest BCUT2D eigenvalue weighted by Crippen LogP contribution is -2.36. The van der Waals surface area contributed by atoms with Gasteiger partial charge in [-0.2, -0.15) is 11.8 Å². The normalized spacial score (nSPS) is 17.7. The van der Waals surface area contributed by atoms with Crippen molar-refractivity contribution in [2.45, 2.75) is 11.7 Å². The number of carbonyl (C=O) groups excluding carboxylic acids is 1. The van der Waals surface area contributed by atoms with Crippen molar-refractivity contribution in [1.82, 2.24) is 4.90 Å². The quantitative estimate of drug-likeness (QED) is 0.813. The monoisotopic (exact) mass is 376 g/mol. The second-order valence-electron chi connectivity index (χ2n) is 5.82. The van der Waals surface area contributed by atoms with Crippen molar-refractivity contribution in [1.29, 1.82) is 0 Å². The second-order valence-corrected chi connectivity index (χ2v) is 7.53. The molecule has 4 nitrogen and oxygen atoms in total. The third-order valence-electron chi connectivity index (χ3n) is 4.22. The molecule has 1 heterocycles. The lowest BCUT2D eigenvalue weighted by molar-refractivity contribution is 0.215. The Morgan fingerprint density at radius 1 is 1.20 bits per heavy atom. The molecular weight excluding hydrogens is 356 g/mol. The molecule has 0 aromatic heterocycles. The fraction of sp³-hybridized carbons (Fsp3) is 0.316. The number of rotatable bonds is 3. The van der Waals surface area contributed by atoms with Crippen molar-refractivity contribution < 1.29 is 9.53 Å². The molecule has 2 amide bonds. The van der Waals surface area contributed by atoms with Gasteiger partial charge in [-0.05, 0) is 42.3 Å². The SMILES string of the molecule is COc1ccc(NC(=O)N2CCSC(c3ccccc3Cl)CC2)cc1. The van der Waals surface area contributed by atoms with E-state index >= 15 is 0 Å². The van der Waals surface area contributed by atoms with Crippen LogP contribution in [-0.4, -0.2) is 36.9 Å². The first-order valence-electron chi connectivity index (χ1n) is 8.23. The fourth-order valence-corrected chi connectivity index (χ4v) is 4.43. The lowest BCUT2D eigenvalue weighted by atomic mass is 10.1. The predicted molar refractivity (Wildman–Crippen MR) is 105 cm³/mol. The number of hydrogen-bond donors (Lipinski definition) is 1. The van der Waals surface area contributed by atoms with E-state index in [0.717, 1.165) is 40.7 Å². The first kappa shape index (κ1) is 18.0. The number of hydrogen-bond acceptors (Lipinski definition) is 3. The molecule has 1 N–H and O–H groups in total. The molecule has 0 bridgehead atoms. The number of amides is 2. The maximum Gasteiger partial charge on any atom is 0.321 e. The van der Waals surface area contributed by atoms with E-state index in [1.807, 2.05) is 59.1 Å². The third-order valence-corrected chi connectivity index (χ3v) is 5.88. The molecule has 25 heavy (non-hydrogen) atoms. The summed E-state index contributed by atoms with van der Waals surface area (Å²) in [6.45, 7) is 1.44. The molecule has 1 saturated heterocycles. The highest BCUT2D eigenvalue weighted by Gasteiger charge is 2.23. The van der Waals surface area contributed by atoms with Crippen LogP contribution in [0.1, 0.15) is 17.2 Å². The molecule has 0 radical (unpaired) electrons. The highest BCUT2D eigenvalue weighted by atomic mass is 35.5. The highest BCUT2D eigenvalue weighted by molar-refractivity contribution is 7.99. The van der Waals surface area contributed by atoms with Crippen molar-refractivity contribution in [3.8, 4) is 5.75 Å². The Labute approximate surface area is 157 Å². The van der Waals surface area contributed by atoms with E-state index in [1.165, 1.54) is 0 Å². The summed E-state index contributed by atoms with van der Waals surface area (Å²) < 4.78 is 5.13. The molecule has 0 aliphatic carbocycles. The van der Waals surface area contributed by atoms with Gasteiger partial charge in [0.15, 0.2) is 0 Å². The summed E-state index contributed by atoms with van der Waals surface area (Å²) in [4.78, 5) is 14.4. The summed E-state index contributed by atoms with van der Waals surface area (Å²) in [5.74, 6) is 1.66. The van der Waals surface area contributed by atoms with Crippen molar-refractivity contribution in [3.05, 3.63) is 59.1 Å². The van der Waals surface area contributed by atoms with Crippen LogP contribution in [0, 0.1) is 0 Å². The number of ether oxygens (including phenoxy) is 1. The van der Waals surface area contributed by atoms with Gasteiger partial charge in [-0.3, -0.25) is 0 Å². The lowest BCUT2D eigenvalue weighted by Gasteiger charge is -2.21. The fourth-order valence-electron chi connectivity index (χ4n) is 2.83. The maximum atomic E-state index is 12.5. The molecule has 1 atom stereocenters. The Morgan fingerprint density at radius 2 is 1.96 bits per heavy atom. The number of benzene rings is 2. The van der Waals surface area contributed by atoms with E-state index in [1.54, 1.807) is 7.11 Å². The number of thioether (sulfide) groups is 1. The van der Waals surface area contributed by atoms with Gasteiger partial charge in [0.2, 0.25) is 0 Å².